The molecule has 122 valence electrons. The summed E-state index contributed by atoms with van der Waals surface area (Å²) in [7, 11) is 0. The van der Waals surface area contributed by atoms with Crippen molar-refractivity contribution in [2.75, 3.05) is 18.0 Å². The average molecular weight is 319 g/mol. The van der Waals surface area contributed by atoms with Crippen LogP contribution in [0.25, 0.3) is 10.9 Å². The van der Waals surface area contributed by atoms with Gasteiger partial charge in [-0.05, 0) is 49.2 Å². The van der Waals surface area contributed by atoms with Crippen LogP contribution in [0.1, 0.15) is 17.5 Å². The number of aromatic nitrogens is 2. The molecule has 0 spiro atoms. The van der Waals surface area contributed by atoms with Gasteiger partial charge < -0.3 is 9.64 Å². The zero-order valence-corrected chi connectivity index (χ0v) is 13.9. The number of hydrogen-bond donors (Lipinski definition) is 0. The fourth-order valence-corrected chi connectivity index (χ4v) is 3.30. The summed E-state index contributed by atoms with van der Waals surface area (Å²) in [6.07, 6.45) is 6.85. The van der Waals surface area contributed by atoms with E-state index in [0.29, 0.717) is 6.61 Å². The minimum absolute atomic E-state index is 0.270. The molecule has 3 aromatic rings. The lowest BCUT2D eigenvalue weighted by Crippen LogP contribution is -2.23. The molecule has 1 aliphatic rings. The Morgan fingerprint density at radius 3 is 2.88 bits per heavy atom. The third-order valence-corrected chi connectivity index (χ3v) is 4.59. The van der Waals surface area contributed by atoms with Crippen molar-refractivity contribution in [2.24, 2.45) is 0 Å². The van der Waals surface area contributed by atoms with E-state index in [9.17, 15) is 0 Å². The number of ether oxygens (including phenoxy) is 1. The van der Waals surface area contributed by atoms with E-state index in [2.05, 4.69) is 46.1 Å². The zero-order chi connectivity index (χ0) is 16.4. The molecule has 0 aliphatic carbocycles. The summed E-state index contributed by atoms with van der Waals surface area (Å²) >= 11 is 0. The van der Waals surface area contributed by atoms with Gasteiger partial charge in [-0.2, -0.15) is 0 Å². The Bertz CT molecular complexity index is 835. The van der Waals surface area contributed by atoms with Gasteiger partial charge in [0.15, 0.2) is 0 Å². The van der Waals surface area contributed by atoms with Gasteiger partial charge in [-0.3, -0.25) is 9.97 Å². The minimum Gasteiger partial charge on any atom is -0.372 e. The van der Waals surface area contributed by atoms with Gasteiger partial charge in [0.2, 0.25) is 0 Å². The second-order valence-corrected chi connectivity index (χ2v) is 6.37. The van der Waals surface area contributed by atoms with E-state index in [0.717, 1.165) is 25.0 Å². The van der Waals surface area contributed by atoms with Crippen LogP contribution in [0.2, 0.25) is 0 Å². The normalized spacial score (nSPS) is 17.5. The van der Waals surface area contributed by atoms with Crippen molar-refractivity contribution >= 4 is 16.6 Å². The molecule has 4 nitrogen and oxygen atoms in total. The molecule has 1 fully saturated rings. The molecule has 1 atom stereocenters. The molecule has 0 amide bonds. The number of pyridine rings is 2. The Morgan fingerprint density at radius 2 is 2.00 bits per heavy atom. The van der Waals surface area contributed by atoms with Crippen LogP contribution in [0.5, 0.6) is 0 Å². The number of nitrogens with zero attached hydrogens (tertiary/aromatic N) is 3. The SMILES string of the molecule is Cc1ccc2nccc(N3CCC(OCc4ccncc4)C3)c2c1. The van der Waals surface area contributed by atoms with E-state index in [1.165, 1.54) is 22.2 Å². The maximum absolute atomic E-state index is 6.09. The van der Waals surface area contributed by atoms with Crippen molar-refractivity contribution in [3.8, 4) is 0 Å². The van der Waals surface area contributed by atoms with Crippen molar-refractivity contribution in [1.82, 2.24) is 9.97 Å². The molecule has 0 bridgehead atoms. The van der Waals surface area contributed by atoms with Gasteiger partial charge in [0.25, 0.3) is 0 Å². The molecule has 0 N–H and O–H groups in total. The molecular formula is C20H21N3O. The minimum atomic E-state index is 0.270. The van der Waals surface area contributed by atoms with E-state index in [1.807, 2.05) is 30.7 Å². The standard InChI is InChI=1S/C20H21N3O/c1-15-2-3-19-18(12-15)20(6-10-22-19)23-11-7-17(13-23)24-14-16-4-8-21-9-5-16/h2-6,8-10,12,17H,7,11,13-14H2,1H3. The van der Waals surface area contributed by atoms with Crippen LogP contribution in [-0.2, 0) is 11.3 Å². The molecule has 4 rings (SSSR count). The average Bonchev–Trinajstić information content (AvgIpc) is 3.09. The zero-order valence-electron chi connectivity index (χ0n) is 13.9. The Balaban J connectivity index is 1.48. The number of benzene rings is 1. The smallest absolute Gasteiger partial charge is 0.0771 e. The highest BCUT2D eigenvalue weighted by Crippen LogP contribution is 2.29. The molecule has 3 heterocycles. The summed E-state index contributed by atoms with van der Waals surface area (Å²) in [5.41, 5.74) is 4.76. The molecular weight excluding hydrogens is 298 g/mol. The fraction of sp³-hybridized carbons (Fsp3) is 0.300. The van der Waals surface area contributed by atoms with Crippen LogP contribution in [0.3, 0.4) is 0 Å². The van der Waals surface area contributed by atoms with Crippen LogP contribution < -0.4 is 4.90 Å². The van der Waals surface area contributed by atoms with Crippen molar-refractivity contribution in [2.45, 2.75) is 26.1 Å². The highest BCUT2D eigenvalue weighted by Gasteiger charge is 2.24. The number of fused-ring (bicyclic) bond motifs is 1. The molecule has 1 aromatic carbocycles. The summed E-state index contributed by atoms with van der Waals surface area (Å²) < 4.78 is 6.09. The lowest BCUT2D eigenvalue weighted by atomic mass is 10.1. The van der Waals surface area contributed by atoms with Crippen LogP contribution in [-0.4, -0.2) is 29.2 Å². The predicted octanol–water partition coefficient (Wildman–Crippen LogP) is 3.73. The lowest BCUT2D eigenvalue weighted by molar-refractivity contribution is 0.0553. The van der Waals surface area contributed by atoms with Gasteiger partial charge in [0.05, 0.1) is 18.2 Å². The Morgan fingerprint density at radius 1 is 1.12 bits per heavy atom. The Kier molecular flexibility index (Phi) is 4.13. The molecule has 2 aromatic heterocycles. The maximum atomic E-state index is 6.09. The number of aryl methyl sites for hydroxylation is 1. The van der Waals surface area contributed by atoms with E-state index in [1.54, 1.807) is 0 Å². The van der Waals surface area contributed by atoms with E-state index in [4.69, 9.17) is 4.74 Å². The van der Waals surface area contributed by atoms with E-state index in [-0.39, 0.29) is 6.10 Å². The molecule has 1 saturated heterocycles. The Hall–Kier alpha value is -2.46. The van der Waals surface area contributed by atoms with Gasteiger partial charge in [-0.15, -0.1) is 0 Å². The van der Waals surface area contributed by atoms with Crippen LogP contribution >= 0.6 is 0 Å². The number of hydrogen-bond acceptors (Lipinski definition) is 4. The Labute approximate surface area is 142 Å². The van der Waals surface area contributed by atoms with Gasteiger partial charge in [0.1, 0.15) is 0 Å². The third kappa shape index (κ3) is 3.10. The largest absolute Gasteiger partial charge is 0.372 e. The molecule has 1 unspecified atom stereocenters. The fourth-order valence-electron chi connectivity index (χ4n) is 3.30. The van der Waals surface area contributed by atoms with Crippen molar-refractivity contribution < 1.29 is 4.74 Å². The molecule has 0 radical (unpaired) electrons. The van der Waals surface area contributed by atoms with Gasteiger partial charge in [-0.1, -0.05) is 11.6 Å². The maximum Gasteiger partial charge on any atom is 0.0771 e. The van der Waals surface area contributed by atoms with Gasteiger partial charge >= 0.3 is 0 Å². The summed E-state index contributed by atoms with van der Waals surface area (Å²) in [5.74, 6) is 0. The number of rotatable bonds is 4. The van der Waals surface area contributed by atoms with Gasteiger partial charge in [0, 0.05) is 42.8 Å². The van der Waals surface area contributed by atoms with Crippen molar-refractivity contribution in [1.29, 1.82) is 0 Å². The predicted molar refractivity (Wildman–Crippen MR) is 96.1 cm³/mol. The molecule has 24 heavy (non-hydrogen) atoms. The summed E-state index contributed by atoms with van der Waals surface area (Å²) in [6, 6.07) is 12.6. The summed E-state index contributed by atoms with van der Waals surface area (Å²) in [5, 5.41) is 1.23. The van der Waals surface area contributed by atoms with Crippen molar-refractivity contribution in [3.05, 3.63) is 66.1 Å². The summed E-state index contributed by atoms with van der Waals surface area (Å²) in [6.45, 7) is 4.73. The highest BCUT2D eigenvalue weighted by atomic mass is 16.5. The molecule has 0 saturated carbocycles. The summed E-state index contributed by atoms with van der Waals surface area (Å²) in [4.78, 5) is 10.9. The number of anilines is 1. The first-order valence-corrected chi connectivity index (χ1v) is 8.40. The first-order valence-electron chi connectivity index (χ1n) is 8.40. The van der Waals surface area contributed by atoms with Crippen molar-refractivity contribution in [3.63, 3.8) is 0 Å². The molecule has 4 heteroatoms. The second kappa shape index (κ2) is 6.57. The third-order valence-electron chi connectivity index (χ3n) is 4.59. The highest BCUT2D eigenvalue weighted by molar-refractivity contribution is 5.92. The van der Waals surface area contributed by atoms with Crippen LogP contribution in [0.4, 0.5) is 5.69 Å². The topological polar surface area (TPSA) is 38.2 Å². The van der Waals surface area contributed by atoms with Gasteiger partial charge in [-0.25, -0.2) is 0 Å². The first kappa shape index (κ1) is 15.1. The van der Waals surface area contributed by atoms with Crippen LogP contribution in [0.15, 0.2) is 55.0 Å². The van der Waals surface area contributed by atoms with Crippen LogP contribution in [0, 0.1) is 6.92 Å². The lowest BCUT2D eigenvalue weighted by Gasteiger charge is -2.20. The first-order chi connectivity index (χ1) is 11.8. The van der Waals surface area contributed by atoms with E-state index >= 15 is 0 Å². The van der Waals surface area contributed by atoms with E-state index < -0.39 is 0 Å². The second-order valence-electron chi connectivity index (χ2n) is 6.37. The quantitative estimate of drug-likeness (QED) is 0.734. The monoisotopic (exact) mass is 319 g/mol. The molecule has 1 aliphatic heterocycles.